The molecule has 6 heteroatoms. The first-order valence-electron chi connectivity index (χ1n) is 9.55. The van der Waals surface area contributed by atoms with Crippen LogP contribution in [-0.2, 0) is 4.79 Å². The summed E-state index contributed by atoms with van der Waals surface area (Å²) >= 11 is 0. The predicted molar refractivity (Wildman–Crippen MR) is 113 cm³/mol. The minimum atomic E-state index is -0.636. The second kappa shape index (κ2) is 9.19. The molecule has 2 aromatic carbocycles. The van der Waals surface area contributed by atoms with Crippen LogP contribution in [0, 0.1) is 6.92 Å². The van der Waals surface area contributed by atoms with Crippen molar-refractivity contribution < 1.29 is 14.3 Å². The fraction of sp³-hybridized carbons (Fsp3) is 0.261. The van der Waals surface area contributed by atoms with Crippen LogP contribution in [0.25, 0.3) is 0 Å². The van der Waals surface area contributed by atoms with E-state index in [1.165, 1.54) is 0 Å². The van der Waals surface area contributed by atoms with Gasteiger partial charge in [0, 0.05) is 18.1 Å². The highest BCUT2D eigenvalue weighted by molar-refractivity contribution is 5.94. The Kier molecular flexibility index (Phi) is 6.44. The molecule has 0 bridgehead atoms. The number of aryl methyl sites for hydroxylation is 1. The lowest BCUT2D eigenvalue weighted by Crippen LogP contribution is -2.30. The van der Waals surface area contributed by atoms with Crippen LogP contribution in [0.15, 0.2) is 60.9 Å². The van der Waals surface area contributed by atoms with E-state index in [0.717, 1.165) is 16.9 Å². The summed E-state index contributed by atoms with van der Waals surface area (Å²) < 4.78 is 11.5. The van der Waals surface area contributed by atoms with E-state index in [1.54, 1.807) is 49.6 Å². The lowest BCUT2D eigenvalue weighted by Gasteiger charge is -2.19. The molecule has 1 atom stereocenters. The van der Waals surface area contributed by atoms with Crippen molar-refractivity contribution in [3.8, 4) is 17.5 Å². The van der Waals surface area contributed by atoms with Crippen LogP contribution in [0.3, 0.4) is 0 Å². The standard InChI is InChI=1S/C23H25N3O3/c1-15(2)20-11-6-16(3)14-21(20)28-17(4)22(27)26-18-7-9-19(10-8-18)29-23-24-12-5-13-25-23/h5-15,17H,1-4H3,(H,26,27). The molecule has 0 aliphatic carbocycles. The fourth-order valence-corrected chi connectivity index (χ4v) is 2.76. The van der Waals surface area contributed by atoms with Gasteiger partial charge in [0.2, 0.25) is 0 Å². The van der Waals surface area contributed by atoms with Crippen LogP contribution >= 0.6 is 0 Å². The number of hydrogen-bond acceptors (Lipinski definition) is 5. The normalized spacial score (nSPS) is 11.8. The quantitative estimate of drug-likeness (QED) is 0.606. The van der Waals surface area contributed by atoms with Crippen LogP contribution in [0.2, 0.25) is 0 Å². The number of amides is 1. The summed E-state index contributed by atoms with van der Waals surface area (Å²) in [6.45, 7) is 7.95. The SMILES string of the molecule is Cc1ccc(C(C)C)c(OC(C)C(=O)Nc2ccc(Oc3ncccn3)cc2)c1. The Balaban J connectivity index is 1.62. The molecule has 3 rings (SSSR count). The van der Waals surface area contributed by atoms with Gasteiger partial charge in [-0.2, -0.15) is 0 Å². The molecule has 0 saturated heterocycles. The van der Waals surface area contributed by atoms with Crippen LogP contribution in [-0.4, -0.2) is 22.0 Å². The van der Waals surface area contributed by atoms with E-state index in [0.29, 0.717) is 17.4 Å². The van der Waals surface area contributed by atoms with Gasteiger partial charge in [0.25, 0.3) is 5.91 Å². The van der Waals surface area contributed by atoms with Gasteiger partial charge in [-0.15, -0.1) is 0 Å². The Morgan fingerprint density at radius 2 is 1.69 bits per heavy atom. The lowest BCUT2D eigenvalue weighted by molar-refractivity contribution is -0.122. The number of nitrogens with zero attached hydrogens (tertiary/aromatic N) is 2. The maximum absolute atomic E-state index is 12.6. The van der Waals surface area contributed by atoms with E-state index in [4.69, 9.17) is 9.47 Å². The molecule has 6 nitrogen and oxygen atoms in total. The summed E-state index contributed by atoms with van der Waals surface area (Å²) in [6.07, 6.45) is 2.58. The molecule has 0 aliphatic heterocycles. The van der Waals surface area contributed by atoms with E-state index in [2.05, 4.69) is 41.3 Å². The van der Waals surface area contributed by atoms with Crippen LogP contribution < -0.4 is 14.8 Å². The number of rotatable bonds is 7. The molecule has 0 aliphatic rings. The Morgan fingerprint density at radius 3 is 2.34 bits per heavy atom. The van der Waals surface area contributed by atoms with Crippen LogP contribution in [0.1, 0.15) is 37.8 Å². The first-order chi connectivity index (χ1) is 13.9. The number of ether oxygens (including phenoxy) is 2. The van der Waals surface area contributed by atoms with E-state index in [9.17, 15) is 4.79 Å². The molecule has 0 saturated carbocycles. The van der Waals surface area contributed by atoms with Crippen molar-refractivity contribution >= 4 is 11.6 Å². The van der Waals surface area contributed by atoms with Gasteiger partial charge in [0.15, 0.2) is 6.10 Å². The van der Waals surface area contributed by atoms with Crippen LogP contribution in [0.5, 0.6) is 17.5 Å². The molecule has 1 aromatic heterocycles. The summed E-state index contributed by atoms with van der Waals surface area (Å²) in [6, 6.07) is 15.1. The second-order valence-corrected chi connectivity index (χ2v) is 7.10. The number of carbonyl (C=O) groups excluding carboxylic acids is 1. The number of carbonyl (C=O) groups is 1. The van der Waals surface area contributed by atoms with Gasteiger partial charge in [-0.05, 0) is 67.3 Å². The first-order valence-corrected chi connectivity index (χ1v) is 9.55. The summed E-state index contributed by atoms with van der Waals surface area (Å²) in [7, 11) is 0. The molecular formula is C23H25N3O3. The van der Waals surface area contributed by atoms with E-state index in [1.807, 2.05) is 13.0 Å². The van der Waals surface area contributed by atoms with Crippen molar-refractivity contribution in [1.82, 2.24) is 9.97 Å². The fourth-order valence-electron chi connectivity index (χ4n) is 2.76. The molecule has 0 radical (unpaired) electrons. The zero-order valence-corrected chi connectivity index (χ0v) is 17.0. The molecule has 150 valence electrons. The Hall–Kier alpha value is -3.41. The van der Waals surface area contributed by atoms with Crippen molar-refractivity contribution in [1.29, 1.82) is 0 Å². The van der Waals surface area contributed by atoms with E-state index in [-0.39, 0.29) is 11.9 Å². The highest BCUT2D eigenvalue weighted by Crippen LogP contribution is 2.28. The third kappa shape index (κ3) is 5.54. The summed E-state index contributed by atoms with van der Waals surface area (Å²) in [5, 5.41) is 2.87. The third-order valence-corrected chi connectivity index (χ3v) is 4.34. The monoisotopic (exact) mass is 391 g/mol. The molecule has 1 heterocycles. The maximum Gasteiger partial charge on any atom is 0.321 e. The summed E-state index contributed by atoms with van der Waals surface area (Å²) in [5.74, 6) is 1.41. The zero-order valence-electron chi connectivity index (χ0n) is 17.0. The van der Waals surface area contributed by atoms with Gasteiger partial charge < -0.3 is 14.8 Å². The van der Waals surface area contributed by atoms with Gasteiger partial charge in [-0.25, -0.2) is 9.97 Å². The van der Waals surface area contributed by atoms with Crippen molar-refractivity contribution in [3.05, 3.63) is 72.1 Å². The average molecular weight is 391 g/mol. The average Bonchev–Trinajstić information content (AvgIpc) is 2.70. The first kappa shape index (κ1) is 20.3. The number of anilines is 1. The number of nitrogens with one attached hydrogen (secondary N) is 1. The highest BCUT2D eigenvalue weighted by Gasteiger charge is 2.18. The van der Waals surface area contributed by atoms with Crippen molar-refractivity contribution in [2.75, 3.05) is 5.32 Å². The maximum atomic E-state index is 12.6. The smallest absolute Gasteiger partial charge is 0.321 e. The lowest BCUT2D eigenvalue weighted by atomic mass is 10.0. The molecule has 1 amide bonds. The van der Waals surface area contributed by atoms with Crippen molar-refractivity contribution in [3.63, 3.8) is 0 Å². The van der Waals surface area contributed by atoms with Gasteiger partial charge in [0.1, 0.15) is 11.5 Å². The van der Waals surface area contributed by atoms with Crippen molar-refractivity contribution in [2.24, 2.45) is 0 Å². The van der Waals surface area contributed by atoms with Gasteiger partial charge in [-0.3, -0.25) is 4.79 Å². The summed E-state index contributed by atoms with van der Waals surface area (Å²) in [4.78, 5) is 20.6. The van der Waals surface area contributed by atoms with Crippen LogP contribution in [0.4, 0.5) is 5.69 Å². The third-order valence-electron chi connectivity index (χ3n) is 4.34. The van der Waals surface area contributed by atoms with Gasteiger partial charge in [-0.1, -0.05) is 26.0 Å². The molecule has 29 heavy (non-hydrogen) atoms. The number of hydrogen-bond donors (Lipinski definition) is 1. The molecule has 3 aromatic rings. The zero-order chi connectivity index (χ0) is 20.8. The Morgan fingerprint density at radius 1 is 1.00 bits per heavy atom. The Labute approximate surface area is 170 Å². The van der Waals surface area contributed by atoms with E-state index >= 15 is 0 Å². The van der Waals surface area contributed by atoms with E-state index < -0.39 is 6.10 Å². The largest absolute Gasteiger partial charge is 0.481 e. The predicted octanol–water partition coefficient (Wildman–Crippen LogP) is 5.11. The molecule has 1 N–H and O–H groups in total. The molecular weight excluding hydrogens is 366 g/mol. The number of benzene rings is 2. The minimum Gasteiger partial charge on any atom is -0.481 e. The second-order valence-electron chi connectivity index (χ2n) is 7.10. The summed E-state index contributed by atoms with van der Waals surface area (Å²) in [5.41, 5.74) is 2.83. The molecule has 1 unspecified atom stereocenters. The highest BCUT2D eigenvalue weighted by atomic mass is 16.5. The molecule has 0 spiro atoms. The number of aromatic nitrogens is 2. The van der Waals surface area contributed by atoms with Crippen molar-refractivity contribution in [2.45, 2.75) is 39.7 Å². The topological polar surface area (TPSA) is 73.3 Å². The minimum absolute atomic E-state index is 0.221. The Bertz CT molecular complexity index is 957. The molecule has 0 fully saturated rings. The van der Waals surface area contributed by atoms with Gasteiger partial charge in [0.05, 0.1) is 0 Å². The van der Waals surface area contributed by atoms with Gasteiger partial charge >= 0.3 is 6.01 Å².